The van der Waals surface area contributed by atoms with Crippen molar-refractivity contribution in [3.63, 3.8) is 0 Å². The van der Waals surface area contributed by atoms with Crippen molar-refractivity contribution in [2.75, 3.05) is 26.3 Å². The molecular formula is C17H25ClN2O3. The minimum atomic E-state index is -0.0284. The topological polar surface area (TPSA) is 59.6 Å². The fraction of sp³-hybridized carbons (Fsp3) is 0.588. The van der Waals surface area contributed by atoms with Gasteiger partial charge in [0.15, 0.2) is 0 Å². The minimum absolute atomic E-state index is 0. The van der Waals surface area contributed by atoms with Crippen LogP contribution in [0, 0.1) is 0 Å². The zero-order valence-corrected chi connectivity index (χ0v) is 14.1. The second-order valence-electron chi connectivity index (χ2n) is 5.97. The van der Waals surface area contributed by atoms with Crippen LogP contribution in [0.5, 0.6) is 5.75 Å². The van der Waals surface area contributed by atoms with Crippen molar-refractivity contribution < 1.29 is 14.3 Å². The summed E-state index contributed by atoms with van der Waals surface area (Å²) in [6.45, 7) is 3.16. The Kier molecular flexibility index (Phi) is 7.15. The number of carbonyl (C=O) groups excluding carboxylic acids is 1. The van der Waals surface area contributed by atoms with Gasteiger partial charge in [0.25, 0.3) is 5.91 Å². The fourth-order valence-electron chi connectivity index (χ4n) is 2.92. The van der Waals surface area contributed by atoms with Crippen molar-refractivity contribution in [2.45, 2.75) is 37.8 Å². The molecule has 23 heavy (non-hydrogen) atoms. The third-order valence-electron chi connectivity index (χ3n) is 4.25. The van der Waals surface area contributed by atoms with Crippen molar-refractivity contribution in [1.29, 1.82) is 0 Å². The van der Waals surface area contributed by atoms with Gasteiger partial charge in [-0.2, -0.15) is 0 Å². The molecule has 2 aliphatic rings. The highest BCUT2D eigenvalue weighted by atomic mass is 35.5. The van der Waals surface area contributed by atoms with E-state index in [1.807, 2.05) is 24.3 Å². The molecule has 2 fully saturated rings. The standard InChI is InChI=1S/C17H24N2O3.ClH/c20-17(19-11-14-3-1-9-18-14)13-5-7-15(8-6-13)22-12-16-4-2-10-21-16;/h5-8,14,16,18H,1-4,9-12H2,(H,19,20);1H. The second-order valence-corrected chi connectivity index (χ2v) is 5.97. The number of benzene rings is 1. The van der Waals surface area contributed by atoms with E-state index in [1.165, 1.54) is 6.42 Å². The first-order valence-electron chi connectivity index (χ1n) is 8.17. The molecule has 0 bridgehead atoms. The third kappa shape index (κ3) is 5.37. The van der Waals surface area contributed by atoms with E-state index in [0.29, 0.717) is 24.8 Å². The Bertz CT molecular complexity index is 483. The van der Waals surface area contributed by atoms with Crippen LogP contribution in [0.1, 0.15) is 36.0 Å². The lowest BCUT2D eigenvalue weighted by Crippen LogP contribution is -2.37. The molecule has 0 radical (unpaired) electrons. The highest BCUT2D eigenvalue weighted by molar-refractivity contribution is 5.94. The molecule has 2 saturated heterocycles. The maximum absolute atomic E-state index is 12.1. The molecule has 0 spiro atoms. The van der Waals surface area contributed by atoms with Gasteiger partial charge in [-0.1, -0.05) is 0 Å². The van der Waals surface area contributed by atoms with E-state index in [1.54, 1.807) is 0 Å². The van der Waals surface area contributed by atoms with Crippen molar-refractivity contribution in [1.82, 2.24) is 10.6 Å². The molecule has 0 aliphatic carbocycles. The van der Waals surface area contributed by atoms with Gasteiger partial charge in [0, 0.05) is 24.8 Å². The SMILES string of the molecule is Cl.O=C(NCC1CCCN1)c1ccc(OCC2CCCO2)cc1. The lowest BCUT2D eigenvalue weighted by atomic mass is 10.2. The Morgan fingerprint density at radius 2 is 2.09 bits per heavy atom. The molecule has 1 aromatic rings. The molecular weight excluding hydrogens is 316 g/mol. The molecule has 2 atom stereocenters. The number of amides is 1. The van der Waals surface area contributed by atoms with Gasteiger partial charge in [0.2, 0.25) is 0 Å². The fourth-order valence-corrected chi connectivity index (χ4v) is 2.92. The first-order chi connectivity index (χ1) is 10.8. The number of carbonyl (C=O) groups is 1. The lowest BCUT2D eigenvalue weighted by Gasteiger charge is -2.13. The molecule has 3 rings (SSSR count). The van der Waals surface area contributed by atoms with Gasteiger partial charge < -0.3 is 20.1 Å². The molecule has 2 unspecified atom stereocenters. The average Bonchev–Trinajstić information content (AvgIpc) is 3.24. The van der Waals surface area contributed by atoms with E-state index in [2.05, 4.69) is 10.6 Å². The molecule has 2 heterocycles. The predicted molar refractivity (Wildman–Crippen MR) is 91.5 cm³/mol. The summed E-state index contributed by atoms with van der Waals surface area (Å²) in [5, 5.41) is 6.34. The van der Waals surface area contributed by atoms with Crippen molar-refractivity contribution >= 4 is 18.3 Å². The van der Waals surface area contributed by atoms with Crippen LogP contribution in [0.2, 0.25) is 0 Å². The van der Waals surface area contributed by atoms with Gasteiger partial charge in [-0.25, -0.2) is 0 Å². The largest absolute Gasteiger partial charge is 0.491 e. The van der Waals surface area contributed by atoms with Crippen LogP contribution in [0.4, 0.5) is 0 Å². The van der Waals surface area contributed by atoms with E-state index in [0.717, 1.165) is 38.2 Å². The van der Waals surface area contributed by atoms with Crippen molar-refractivity contribution in [3.05, 3.63) is 29.8 Å². The van der Waals surface area contributed by atoms with Crippen LogP contribution in [-0.4, -0.2) is 44.4 Å². The first-order valence-corrected chi connectivity index (χ1v) is 8.17. The summed E-state index contributed by atoms with van der Waals surface area (Å²) in [4.78, 5) is 12.1. The number of ether oxygens (including phenoxy) is 2. The highest BCUT2D eigenvalue weighted by Gasteiger charge is 2.17. The molecule has 2 N–H and O–H groups in total. The average molecular weight is 341 g/mol. The zero-order chi connectivity index (χ0) is 15.2. The van der Waals surface area contributed by atoms with E-state index < -0.39 is 0 Å². The number of hydrogen-bond acceptors (Lipinski definition) is 4. The zero-order valence-electron chi connectivity index (χ0n) is 13.3. The number of hydrogen-bond donors (Lipinski definition) is 2. The molecule has 6 heteroatoms. The Morgan fingerprint density at radius 3 is 2.74 bits per heavy atom. The molecule has 128 valence electrons. The predicted octanol–water partition coefficient (Wildman–Crippen LogP) is 2.15. The minimum Gasteiger partial charge on any atom is -0.491 e. The molecule has 1 aromatic carbocycles. The Hall–Kier alpha value is -1.30. The summed E-state index contributed by atoms with van der Waals surface area (Å²) in [7, 11) is 0. The van der Waals surface area contributed by atoms with E-state index >= 15 is 0 Å². The summed E-state index contributed by atoms with van der Waals surface area (Å²) in [5.74, 6) is 0.754. The summed E-state index contributed by atoms with van der Waals surface area (Å²) in [6, 6.07) is 7.72. The van der Waals surface area contributed by atoms with Crippen LogP contribution in [-0.2, 0) is 4.74 Å². The Labute approximate surface area is 143 Å². The monoisotopic (exact) mass is 340 g/mol. The van der Waals surface area contributed by atoms with Crippen molar-refractivity contribution in [2.24, 2.45) is 0 Å². The van der Waals surface area contributed by atoms with Gasteiger partial charge in [-0.3, -0.25) is 4.79 Å². The second kappa shape index (κ2) is 9.11. The van der Waals surface area contributed by atoms with Gasteiger partial charge in [0.05, 0.1) is 6.10 Å². The third-order valence-corrected chi connectivity index (χ3v) is 4.25. The van der Waals surface area contributed by atoms with Crippen LogP contribution in [0.15, 0.2) is 24.3 Å². The van der Waals surface area contributed by atoms with Crippen LogP contribution >= 0.6 is 12.4 Å². The maximum atomic E-state index is 12.1. The van der Waals surface area contributed by atoms with Gasteiger partial charge >= 0.3 is 0 Å². The van der Waals surface area contributed by atoms with E-state index in [-0.39, 0.29) is 24.4 Å². The number of nitrogens with one attached hydrogen (secondary N) is 2. The van der Waals surface area contributed by atoms with Crippen LogP contribution in [0.25, 0.3) is 0 Å². The van der Waals surface area contributed by atoms with E-state index in [9.17, 15) is 4.79 Å². The number of rotatable bonds is 6. The van der Waals surface area contributed by atoms with Crippen molar-refractivity contribution in [3.8, 4) is 5.75 Å². The Balaban J connectivity index is 0.00000192. The highest BCUT2D eigenvalue weighted by Crippen LogP contribution is 2.16. The Morgan fingerprint density at radius 1 is 1.26 bits per heavy atom. The first kappa shape index (κ1) is 18.0. The molecule has 2 aliphatic heterocycles. The molecule has 1 amide bonds. The quantitative estimate of drug-likeness (QED) is 0.833. The maximum Gasteiger partial charge on any atom is 0.251 e. The summed E-state index contributed by atoms with van der Waals surface area (Å²) < 4.78 is 11.2. The van der Waals surface area contributed by atoms with E-state index in [4.69, 9.17) is 9.47 Å². The molecule has 0 saturated carbocycles. The summed E-state index contributed by atoms with van der Waals surface area (Å²) in [6.07, 6.45) is 4.72. The van der Waals surface area contributed by atoms with Gasteiger partial charge in [0.1, 0.15) is 12.4 Å². The lowest BCUT2D eigenvalue weighted by molar-refractivity contribution is 0.0679. The molecule has 5 nitrogen and oxygen atoms in total. The summed E-state index contributed by atoms with van der Waals surface area (Å²) >= 11 is 0. The smallest absolute Gasteiger partial charge is 0.251 e. The van der Waals surface area contributed by atoms with Gasteiger partial charge in [-0.05, 0) is 56.5 Å². The molecule has 0 aromatic heterocycles. The van der Waals surface area contributed by atoms with Crippen LogP contribution in [0.3, 0.4) is 0 Å². The van der Waals surface area contributed by atoms with Gasteiger partial charge in [-0.15, -0.1) is 12.4 Å². The number of halogens is 1. The van der Waals surface area contributed by atoms with Crippen LogP contribution < -0.4 is 15.4 Å². The normalized spacial score (nSPS) is 23.3. The summed E-state index contributed by atoms with van der Waals surface area (Å²) in [5.41, 5.74) is 0.669.